The summed E-state index contributed by atoms with van der Waals surface area (Å²) in [5.41, 5.74) is 1.50. The molecule has 1 aliphatic heterocycles. The maximum atomic E-state index is 13.6. The largest absolute Gasteiger partial charge is 0.338 e. The summed E-state index contributed by atoms with van der Waals surface area (Å²) in [4.78, 5) is 28.1. The zero-order chi connectivity index (χ0) is 21.1. The molecular formula is C24H37N3O2. The van der Waals surface area contributed by atoms with Gasteiger partial charge in [-0.2, -0.15) is 0 Å². The molecule has 3 atom stereocenters. The molecule has 1 heterocycles. The fraction of sp³-hybridized carbons (Fsp3) is 0.667. The molecule has 1 saturated carbocycles. The van der Waals surface area contributed by atoms with Crippen LogP contribution in [0.5, 0.6) is 0 Å². The van der Waals surface area contributed by atoms with E-state index in [4.69, 9.17) is 0 Å². The molecule has 1 aromatic carbocycles. The number of benzene rings is 1. The molecule has 0 aromatic heterocycles. The zero-order valence-electron chi connectivity index (χ0n) is 18.5. The first-order valence-corrected chi connectivity index (χ1v) is 11.1. The van der Waals surface area contributed by atoms with Gasteiger partial charge in [-0.15, -0.1) is 0 Å². The molecule has 1 aromatic rings. The monoisotopic (exact) mass is 399 g/mol. The van der Waals surface area contributed by atoms with Gasteiger partial charge in [-0.25, -0.2) is 4.79 Å². The van der Waals surface area contributed by atoms with Gasteiger partial charge in [0.25, 0.3) is 0 Å². The molecule has 1 aliphatic carbocycles. The first kappa shape index (κ1) is 21.7. The lowest BCUT2D eigenvalue weighted by molar-refractivity contribution is -0.134. The van der Waals surface area contributed by atoms with Gasteiger partial charge in [0, 0.05) is 25.6 Å². The van der Waals surface area contributed by atoms with Crippen molar-refractivity contribution < 1.29 is 9.59 Å². The number of hydrogen-bond donors (Lipinski definition) is 2. The molecule has 1 saturated heterocycles. The van der Waals surface area contributed by atoms with E-state index >= 15 is 0 Å². The summed E-state index contributed by atoms with van der Waals surface area (Å²) in [6, 6.07) is 9.45. The molecule has 3 unspecified atom stereocenters. The number of nitrogens with one attached hydrogen (secondary N) is 2. The number of fused-ring (bicyclic) bond motifs is 2. The number of rotatable bonds is 7. The standard InChI is InChI=1S/C24H37N3O2/c1-5-6-12-25-22(29)26-20(13-18-10-8-7-9-11-18)21(28)27-17-24(4)15-19(27)14-23(2,3)16-24/h7-11,19-20H,5-6,12-17H2,1-4H3,(H2,25,26,29). The van der Waals surface area contributed by atoms with Gasteiger partial charge in [0.2, 0.25) is 5.91 Å². The normalized spacial score (nSPS) is 26.1. The van der Waals surface area contributed by atoms with E-state index in [2.05, 4.69) is 43.2 Å². The predicted molar refractivity (Wildman–Crippen MR) is 117 cm³/mol. The van der Waals surface area contributed by atoms with Gasteiger partial charge >= 0.3 is 6.03 Å². The Kier molecular flexibility index (Phi) is 6.55. The molecule has 5 heteroatoms. The highest BCUT2D eigenvalue weighted by atomic mass is 16.2. The fourth-order valence-corrected chi connectivity index (χ4v) is 5.56. The maximum Gasteiger partial charge on any atom is 0.315 e. The van der Waals surface area contributed by atoms with Crippen LogP contribution in [0.3, 0.4) is 0 Å². The maximum absolute atomic E-state index is 13.6. The third-order valence-corrected chi connectivity index (χ3v) is 6.40. The van der Waals surface area contributed by atoms with E-state index in [9.17, 15) is 9.59 Å². The number of likely N-dealkylation sites (tertiary alicyclic amines) is 1. The minimum Gasteiger partial charge on any atom is -0.338 e. The van der Waals surface area contributed by atoms with Crippen molar-refractivity contribution in [1.29, 1.82) is 0 Å². The van der Waals surface area contributed by atoms with Crippen molar-refractivity contribution in [2.24, 2.45) is 10.8 Å². The molecule has 5 nitrogen and oxygen atoms in total. The quantitative estimate of drug-likeness (QED) is 0.678. The number of carbonyl (C=O) groups is 2. The van der Waals surface area contributed by atoms with Crippen LogP contribution in [-0.4, -0.2) is 42.0 Å². The van der Waals surface area contributed by atoms with Crippen molar-refractivity contribution in [2.75, 3.05) is 13.1 Å². The Morgan fingerprint density at radius 1 is 1.17 bits per heavy atom. The Bertz CT molecular complexity index is 718. The van der Waals surface area contributed by atoms with Crippen LogP contribution in [-0.2, 0) is 11.2 Å². The van der Waals surface area contributed by atoms with Crippen molar-refractivity contribution in [1.82, 2.24) is 15.5 Å². The Hall–Kier alpha value is -2.04. The van der Waals surface area contributed by atoms with Crippen LogP contribution < -0.4 is 10.6 Å². The highest BCUT2D eigenvalue weighted by Gasteiger charge is 2.51. The van der Waals surface area contributed by atoms with Crippen LogP contribution in [0.1, 0.15) is 65.4 Å². The van der Waals surface area contributed by atoms with Gasteiger partial charge in [0.05, 0.1) is 0 Å². The summed E-state index contributed by atoms with van der Waals surface area (Å²) in [7, 11) is 0. The average molecular weight is 400 g/mol. The number of nitrogens with zero attached hydrogens (tertiary/aromatic N) is 1. The van der Waals surface area contributed by atoms with E-state index in [0.29, 0.717) is 13.0 Å². The fourth-order valence-electron chi connectivity index (χ4n) is 5.56. The van der Waals surface area contributed by atoms with Crippen molar-refractivity contribution in [3.05, 3.63) is 35.9 Å². The van der Waals surface area contributed by atoms with Crippen LogP contribution in [0.4, 0.5) is 4.79 Å². The van der Waals surface area contributed by atoms with E-state index < -0.39 is 6.04 Å². The van der Waals surface area contributed by atoms with E-state index in [1.165, 1.54) is 0 Å². The first-order chi connectivity index (χ1) is 13.7. The Labute approximate surface area is 175 Å². The minimum absolute atomic E-state index is 0.0610. The average Bonchev–Trinajstić information content (AvgIpc) is 2.90. The number of amides is 3. The highest BCUT2D eigenvalue weighted by molar-refractivity contribution is 5.88. The van der Waals surface area contributed by atoms with Gasteiger partial charge in [0.15, 0.2) is 0 Å². The van der Waals surface area contributed by atoms with Gasteiger partial charge in [-0.3, -0.25) is 4.79 Å². The second-order valence-corrected chi connectivity index (χ2v) is 10.2. The predicted octanol–water partition coefficient (Wildman–Crippen LogP) is 4.12. The molecule has 0 spiro atoms. The van der Waals surface area contributed by atoms with Crippen LogP contribution in [0.2, 0.25) is 0 Å². The molecule has 3 amide bonds. The molecule has 2 fully saturated rings. The first-order valence-electron chi connectivity index (χ1n) is 11.1. The van der Waals surface area contributed by atoms with Gasteiger partial charge in [-0.05, 0) is 42.1 Å². The number of unbranched alkanes of at least 4 members (excludes halogenated alkanes) is 1. The molecule has 3 rings (SSSR count). The van der Waals surface area contributed by atoms with Crippen LogP contribution in [0, 0.1) is 10.8 Å². The smallest absolute Gasteiger partial charge is 0.315 e. The molecular weight excluding hydrogens is 362 g/mol. The third kappa shape index (κ3) is 5.52. The van der Waals surface area contributed by atoms with E-state index in [0.717, 1.165) is 44.2 Å². The van der Waals surface area contributed by atoms with E-state index in [1.54, 1.807) is 0 Å². The Balaban J connectivity index is 1.74. The third-order valence-electron chi connectivity index (χ3n) is 6.40. The summed E-state index contributed by atoms with van der Waals surface area (Å²) < 4.78 is 0. The number of urea groups is 1. The van der Waals surface area contributed by atoms with Crippen LogP contribution in [0.15, 0.2) is 30.3 Å². The van der Waals surface area contributed by atoms with E-state index in [1.807, 2.05) is 30.3 Å². The number of hydrogen-bond acceptors (Lipinski definition) is 2. The number of carbonyl (C=O) groups excluding carboxylic acids is 2. The lowest BCUT2D eigenvalue weighted by Gasteiger charge is -2.39. The van der Waals surface area contributed by atoms with Gasteiger partial charge < -0.3 is 15.5 Å². The lowest BCUT2D eigenvalue weighted by Crippen LogP contribution is -2.53. The summed E-state index contributed by atoms with van der Waals surface area (Å²) in [6.45, 7) is 10.5. The van der Waals surface area contributed by atoms with Gasteiger partial charge in [-0.1, -0.05) is 64.4 Å². The Morgan fingerprint density at radius 3 is 2.59 bits per heavy atom. The molecule has 2 N–H and O–H groups in total. The van der Waals surface area contributed by atoms with E-state index in [-0.39, 0.29) is 28.8 Å². The molecule has 2 bridgehead atoms. The molecule has 29 heavy (non-hydrogen) atoms. The summed E-state index contributed by atoms with van der Waals surface area (Å²) in [6.07, 6.45) is 5.74. The summed E-state index contributed by atoms with van der Waals surface area (Å²) in [5, 5.41) is 5.86. The van der Waals surface area contributed by atoms with Gasteiger partial charge in [0.1, 0.15) is 6.04 Å². The second-order valence-electron chi connectivity index (χ2n) is 10.2. The van der Waals surface area contributed by atoms with Crippen molar-refractivity contribution in [2.45, 2.75) is 78.3 Å². The van der Waals surface area contributed by atoms with Crippen molar-refractivity contribution in [3.63, 3.8) is 0 Å². The van der Waals surface area contributed by atoms with Crippen molar-refractivity contribution in [3.8, 4) is 0 Å². The van der Waals surface area contributed by atoms with Crippen LogP contribution in [0.25, 0.3) is 0 Å². The van der Waals surface area contributed by atoms with Crippen molar-refractivity contribution >= 4 is 11.9 Å². The highest BCUT2D eigenvalue weighted by Crippen LogP contribution is 2.52. The Morgan fingerprint density at radius 2 is 1.90 bits per heavy atom. The van der Waals surface area contributed by atoms with Crippen LogP contribution >= 0.6 is 0 Å². The molecule has 160 valence electrons. The minimum atomic E-state index is -0.537. The lowest BCUT2D eigenvalue weighted by atomic mass is 9.65. The topological polar surface area (TPSA) is 61.4 Å². The SMILES string of the molecule is CCCCNC(=O)NC(Cc1ccccc1)C(=O)N1CC2(C)CC1CC(C)(C)C2. The zero-order valence-corrected chi connectivity index (χ0v) is 18.5. The molecule has 2 aliphatic rings. The summed E-state index contributed by atoms with van der Waals surface area (Å²) >= 11 is 0. The molecule has 0 radical (unpaired) electrons. The summed E-state index contributed by atoms with van der Waals surface area (Å²) in [5.74, 6) is 0.0610. The second kappa shape index (κ2) is 8.76.